The fourth-order valence-corrected chi connectivity index (χ4v) is 3.73. The number of halogens is 1. The Bertz CT molecular complexity index is 961. The Morgan fingerprint density at radius 3 is 3.03 bits per heavy atom. The van der Waals surface area contributed by atoms with Gasteiger partial charge in [-0.05, 0) is 42.7 Å². The van der Waals surface area contributed by atoms with E-state index in [2.05, 4.69) is 9.97 Å². The van der Waals surface area contributed by atoms with Crippen molar-refractivity contribution < 1.29 is 13.9 Å². The number of likely N-dealkylation sites (tertiary alicyclic amines) is 1. The molecule has 1 aliphatic heterocycles. The van der Waals surface area contributed by atoms with Crippen LogP contribution in [0.15, 0.2) is 59.4 Å². The van der Waals surface area contributed by atoms with Gasteiger partial charge in [0.05, 0.1) is 18.3 Å². The van der Waals surface area contributed by atoms with Gasteiger partial charge in [-0.25, -0.2) is 4.98 Å². The Morgan fingerprint density at radius 1 is 1.28 bits per heavy atom. The predicted octanol–water partition coefficient (Wildman–Crippen LogP) is 4.10. The molecule has 1 aromatic carbocycles. The molecule has 0 spiro atoms. The molecular weight excluding hydrogens is 390 g/mol. The molecule has 7 heteroatoms. The van der Waals surface area contributed by atoms with Crippen LogP contribution in [-0.4, -0.2) is 40.5 Å². The van der Waals surface area contributed by atoms with Gasteiger partial charge in [-0.3, -0.25) is 9.78 Å². The molecule has 0 saturated carbocycles. The summed E-state index contributed by atoms with van der Waals surface area (Å²) in [5.74, 6) is 2.13. The normalized spacial score (nSPS) is 16.6. The summed E-state index contributed by atoms with van der Waals surface area (Å²) in [6.07, 6.45) is 7.53. The van der Waals surface area contributed by atoms with Crippen LogP contribution in [0.1, 0.15) is 36.0 Å². The van der Waals surface area contributed by atoms with Gasteiger partial charge in [-0.15, -0.1) is 0 Å². The maximum absolute atomic E-state index is 12.5. The zero-order chi connectivity index (χ0) is 20.1. The third kappa shape index (κ3) is 5.15. The highest BCUT2D eigenvalue weighted by Gasteiger charge is 2.28. The molecule has 6 nitrogen and oxygen atoms in total. The number of piperidine rings is 1. The second-order valence-electron chi connectivity index (χ2n) is 7.13. The van der Waals surface area contributed by atoms with Crippen molar-refractivity contribution in [2.45, 2.75) is 25.2 Å². The molecule has 1 amide bonds. The van der Waals surface area contributed by atoms with Gasteiger partial charge in [0.2, 0.25) is 0 Å². The van der Waals surface area contributed by atoms with Crippen molar-refractivity contribution in [1.82, 2.24) is 14.9 Å². The Morgan fingerprint density at radius 2 is 2.21 bits per heavy atom. The van der Waals surface area contributed by atoms with Crippen molar-refractivity contribution in [1.29, 1.82) is 0 Å². The molecule has 29 heavy (non-hydrogen) atoms. The number of aromatic nitrogens is 2. The molecule has 2 aromatic heterocycles. The van der Waals surface area contributed by atoms with E-state index in [-0.39, 0.29) is 18.4 Å². The summed E-state index contributed by atoms with van der Waals surface area (Å²) in [5, 5.41) is 0.706. The number of amides is 1. The molecule has 4 rings (SSSR count). The first-order chi connectivity index (χ1) is 14.2. The van der Waals surface area contributed by atoms with E-state index >= 15 is 0 Å². The lowest BCUT2D eigenvalue weighted by Crippen LogP contribution is -2.41. The molecule has 3 aromatic rings. The molecule has 150 valence electrons. The zero-order valence-electron chi connectivity index (χ0n) is 16.0. The second-order valence-corrected chi connectivity index (χ2v) is 7.56. The molecule has 1 atom stereocenters. The summed E-state index contributed by atoms with van der Waals surface area (Å²) in [5.41, 5.74) is 1.08. The number of nitrogens with zero attached hydrogens (tertiary/aromatic N) is 3. The van der Waals surface area contributed by atoms with Crippen LogP contribution in [0.3, 0.4) is 0 Å². The van der Waals surface area contributed by atoms with E-state index in [1.165, 1.54) is 0 Å². The number of carbonyl (C=O) groups excluding carboxylic acids is 1. The van der Waals surface area contributed by atoms with E-state index in [0.29, 0.717) is 29.6 Å². The van der Waals surface area contributed by atoms with Crippen molar-refractivity contribution in [2.75, 3.05) is 19.7 Å². The first-order valence-corrected chi connectivity index (χ1v) is 10.0. The average molecular weight is 412 g/mol. The van der Waals surface area contributed by atoms with Crippen LogP contribution < -0.4 is 4.74 Å². The molecular formula is C22H22ClN3O3. The number of rotatable bonds is 6. The van der Waals surface area contributed by atoms with E-state index < -0.39 is 0 Å². The highest BCUT2D eigenvalue weighted by atomic mass is 35.5. The van der Waals surface area contributed by atoms with Crippen LogP contribution in [0, 0.1) is 0 Å². The average Bonchev–Trinajstić information content (AvgIpc) is 3.21. The second kappa shape index (κ2) is 9.09. The minimum absolute atomic E-state index is 0.00398. The molecule has 0 radical (unpaired) electrons. The van der Waals surface area contributed by atoms with Crippen molar-refractivity contribution in [2.24, 2.45) is 0 Å². The lowest BCUT2D eigenvalue weighted by molar-refractivity contribution is -0.134. The van der Waals surface area contributed by atoms with Crippen molar-refractivity contribution in [3.05, 3.63) is 77.2 Å². The summed E-state index contributed by atoms with van der Waals surface area (Å²) in [7, 11) is 0. The molecule has 1 fully saturated rings. The van der Waals surface area contributed by atoms with Gasteiger partial charge in [0.1, 0.15) is 11.5 Å². The molecule has 1 saturated heterocycles. The lowest BCUT2D eigenvalue weighted by Gasteiger charge is -2.31. The SMILES string of the molecule is O=C(COc1cccnc1)N1CCC[C@H](c2ncc(Cc3cccc(Cl)c3)o2)C1. The van der Waals surface area contributed by atoms with Gasteiger partial charge in [-0.1, -0.05) is 23.7 Å². The summed E-state index contributed by atoms with van der Waals surface area (Å²) >= 11 is 6.05. The van der Waals surface area contributed by atoms with Crippen LogP contribution in [0.5, 0.6) is 5.75 Å². The molecule has 3 heterocycles. The number of carbonyl (C=O) groups is 1. The maximum Gasteiger partial charge on any atom is 0.260 e. The van der Waals surface area contributed by atoms with Gasteiger partial charge >= 0.3 is 0 Å². The number of hydrogen-bond donors (Lipinski definition) is 0. The summed E-state index contributed by atoms with van der Waals surface area (Å²) in [6, 6.07) is 11.3. The Balaban J connectivity index is 1.34. The molecule has 0 N–H and O–H groups in total. The quantitative estimate of drug-likeness (QED) is 0.610. The minimum Gasteiger partial charge on any atom is -0.482 e. The number of oxazole rings is 1. The topological polar surface area (TPSA) is 68.5 Å². The molecule has 0 bridgehead atoms. The fraction of sp³-hybridized carbons (Fsp3) is 0.318. The number of ether oxygens (including phenoxy) is 1. The van der Waals surface area contributed by atoms with E-state index in [0.717, 1.165) is 30.7 Å². The van der Waals surface area contributed by atoms with Gasteiger partial charge in [0.25, 0.3) is 5.91 Å². The number of pyridine rings is 1. The van der Waals surface area contributed by atoms with Crippen molar-refractivity contribution in [3.8, 4) is 5.75 Å². The summed E-state index contributed by atoms with van der Waals surface area (Å²) in [6.45, 7) is 1.32. The van der Waals surface area contributed by atoms with Gasteiger partial charge < -0.3 is 14.1 Å². The van der Waals surface area contributed by atoms with Crippen LogP contribution in [0.25, 0.3) is 0 Å². The molecule has 0 unspecified atom stereocenters. The highest BCUT2D eigenvalue weighted by molar-refractivity contribution is 6.30. The monoisotopic (exact) mass is 411 g/mol. The standard InChI is InChI=1S/C22H22ClN3O3/c23-18-6-1-4-16(10-18)11-20-13-25-22(29-20)17-5-3-9-26(14-17)21(27)15-28-19-7-2-8-24-12-19/h1-2,4,6-8,10,12-13,17H,3,5,9,11,14-15H2/t17-/m0/s1. The van der Waals surface area contributed by atoms with Crippen LogP contribution in [0.2, 0.25) is 5.02 Å². The number of benzene rings is 1. The van der Waals surface area contributed by atoms with Crippen LogP contribution >= 0.6 is 11.6 Å². The van der Waals surface area contributed by atoms with Crippen molar-refractivity contribution >= 4 is 17.5 Å². The predicted molar refractivity (Wildman–Crippen MR) is 109 cm³/mol. The zero-order valence-corrected chi connectivity index (χ0v) is 16.7. The molecule has 0 aliphatic carbocycles. The van der Waals surface area contributed by atoms with Crippen molar-refractivity contribution in [3.63, 3.8) is 0 Å². The maximum atomic E-state index is 12.5. The fourth-order valence-electron chi connectivity index (χ4n) is 3.52. The van der Waals surface area contributed by atoms with Crippen LogP contribution in [0.4, 0.5) is 0 Å². The Labute approximate surface area is 174 Å². The largest absolute Gasteiger partial charge is 0.482 e. The Hall–Kier alpha value is -2.86. The van der Waals surface area contributed by atoms with Crippen LogP contribution in [-0.2, 0) is 11.2 Å². The first kappa shape index (κ1) is 19.5. The Kier molecular flexibility index (Phi) is 6.10. The summed E-state index contributed by atoms with van der Waals surface area (Å²) in [4.78, 5) is 22.8. The molecule has 1 aliphatic rings. The minimum atomic E-state index is -0.0377. The van der Waals surface area contributed by atoms with Gasteiger partial charge in [0, 0.05) is 30.7 Å². The first-order valence-electron chi connectivity index (χ1n) is 9.67. The van der Waals surface area contributed by atoms with Gasteiger partial charge in [0.15, 0.2) is 12.5 Å². The van der Waals surface area contributed by atoms with E-state index in [4.69, 9.17) is 20.8 Å². The third-order valence-electron chi connectivity index (χ3n) is 4.96. The highest BCUT2D eigenvalue weighted by Crippen LogP contribution is 2.27. The third-order valence-corrected chi connectivity index (χ3v) is 5.19. The lowest BCUT2D eigenvalue weighted by atomic mass is 9.98. The van der Waals surface area contributed by atoms with E-state index in [1.807, 2.05) is 29.2 Å². The number of hydrogen-bond acceptors (Lipinski definition) is 5. The summed E-state index contributed by atoms with van der Waals surface area (Å²) < 4.78 is 11.5. The van der Waals surface area contributed by atoms with Gasteiger partial charge in [-0.2, -0.15) is 0 Å². The van der Waals surface area contributed by atoms with E-state index in [9.17, 15) is 4.79 Å². The van der Waals surface area contributed by atoms with E-state index in [1.54, 1.807) is 30.7 Å². The smallest absolute Gasteiger partial charge is 0.260 e.